The molecule has 2 fully saturated rings. The molecule has 2 aliphatic rings. The van der Waals surface area contributed by atoms with Crippen LogP contribution in [0.1, 0.15) is 41.6 Å². The molecule has 2 amide bonds. The third-order valence-corrected chi connectivity index (χ3v) is 5.55. The van der Waals surface area contributed by atoms with Crippen LogP contribution in [0.25, 0.3) is 0 Å². The van der Waals surface area contributed by atoms with E-state index < -0.39 is 0 Å². The largest absolute Gasteiger partial charge is 0.447 e. The number of rotatable bonds is 5. The molecule has 3 N–H and O–H groups in total. The van der Waals surface area contributed by atoms with Gasteiger partial charge in [0.25, 0.3) is 5.91 Å². The van der Waals surface area contributed by atoms with Crippen molar-refractivity contribution >= 4 is 35.8 Å². The van der Waals surface area contributed by atoms with E-state index in [-0.39, 0.29) is 29.9 Å². The molecular weight excluding hydrogens is 378 g/mol. The molecule has 28 heavy (non-hydrogen) atoms. The maximum absolute atomic E-state index is 12.5. The predicted molar refractivity (Wildman–Crippen MR) is 111 cm³/mol. The topological polar surface area (TPSA) is 84.7 Å². The summed E-state index contributed by atoms with van der Waals surface area (Å²) in [5.74, 6) is 0.225. The molecule has 7 heteroatoms. The van der Waals surface area contributed by atoms with Gasteiger partial charge >= 0.3 is 6.09 Å². The molecular formula is C21H24ClN3O3. The Morgan fingerprint density at radius 3 is 2.43 bits per heavy atom. The Balaban J connectivity index is 0.00000225. The second-order valence-electron chi connectivity index (χ2n) is 7.23. The summed E-state index contributed by atoms with van der Waals surface area (Å²) in [5, 5.41) is 2.90. The summed E-state index contributed by atoms with van der Waals surface area (Å²) in [4.78, 5) is 25.6. The number of nitrogens with two attached hydrogens (primary N) is 1. The second-order valence-corrected chi connectivity index (χ2v) is 7.23. The van der Waals surface area contributed by atoms with Crippen LogP contribution in [-0.4, -0.2) is 30.7 Å². The molecule has 0 aromatic heterocycles. The molecule has 148 valence electrons. The number of nitrogens with zero attached hydrogens (tertiary/aromatic N) is 1. The van der Waals surface area contributed by atoms with Gasteiger partial charge in [-0.3, -0.25) is 9.69 Å². The van der Waals surface area contributed by atoms with Gasteiger partial charge in [0, 0.05) is 28.4 Å². The van der Waals surface area contributed by atoms with Crippen molar-refractivity contribution in [1.82, 2.24) is 0 Å². The van der Waals surface area contributed by atoms with Gasteiger partial charge in [0.05, 0.1) is 6.54 Å². The first-order valence-electron chi connectivity index (χ1n) is 9.25. The van der Waals surface area contributed by atoms with Crippen molar-refractivity contribution in [3.63, 3.8) is 0 Å². The first-order valence-corrected chi connectivity index (χ1v) is 9.25. The molecule has 2 aromatic rings. The molecule has 2 aromatic carbocycles. The number of nitrogens with one attached hydrogen (secondary N) is 1. The Hall–Kier alpha value is -2.57. The van der Waals surface area contributed by atoms with Gasteiger partial charge in [-0.25, -0.2) is 4.79 Å². The molecule has 6 nitrogen and oxygen atoms in total. The fourth-order valence-corrected chi connectivity index (χ4v) is 3.58. The highest BCUT2D eigenvalue weighted by Gasteiger charge is 2.49. The highest BCUT2D eigenvalue weighted by atomic mass is 35.5. The number of carbonyl (C=O) groups excluding carboxylic acids is 2. The normalized spacial score (nSPS) is 23.0. The number of ether oxygens (including phenoxy) is 1. The van der Waals surface area contributed by atoms with E-state index in [2.05, 4.69) is 12.2 Å². The van der Waals surface area contributed by atoms with Crippen molar-refractivity contribution in [3.05, 3.63) is 59.7 Å². The third-order valence-electron chi connectivity index (χ3n) is 5.55. The van der Waals surface area contributed by atoms with Gasteiger partial charge < -0.3 is 15.8 Å². The van der Waals surface area contributed by atoms with Crippen LogP contribution >= 0.6 is 12.4 Å². The van der Waals surface area contributed by atoms with Gasteiger partial charge in [-0.05, 0) is 54.8 Å². The quantitative estimate of drug-likeness (QED) is 0.795. The molecule has 0 bridgehead atoms. The van der Waals surface area contributed by atoms with E-state index in [1.165, 1.54) is 5.56 Å². The zero-order chi connectivity index (χ0) is 19.0. The van der Waals surface area contributed by atoms with Gasteiger partial charge in [-0.15, -0.1) is 12.4 Å². The lowest BCUT2D eigenvalue weighted by Crippen LogP contribution is -2.23. The molecule has 0 spiro atoms. The third kappa shape index (κ3) is 3.84. The van der Waals surface area contributed by atoms with E-state index >= 15 is 0 Å². The van der Waals surface area contributed by atoms with Crippen LogP contribution < -0.4 is 16.0 Å². The average molecular weight is 402 g/mol. The summed E-state index contributed by atoms with van der Waals surface area (Å²) in [6.45, 7) is 3.04. The minimum absolute atomic E-state index is 0. The van der Waals surface area contributed by atoms with E-state index in [4.69, 9.17) is 10.5 Å². The second kappa shape index (κ2) is 7.81. The number of anilines is 2. The Morgan fingerprint density at radius 2 is 1.89 bits per heavy atom. The van der Waals surface area contributed by atoms with Gasteiger partial charge in [0.1, 0.15) is 6.61 Å². The Bertz CT molecular complexity index is 869. The van der Waals surface area contributed by atoms with Crippen molar-refractivity contribution in [1.29, 1.82) is 0 Å². The molecule has 2 atom stereocenters. The molecule has 1 aliphatic carbocycles. The minimum atomic E-state index is -0.354. The van der Waals surface area contributed by atoms with E-state index in [1.807, 2.05) is 24.3 Å². The van der Waals surface area contributed by atoms with Crippen molar-refractivity contribution in [2.45, 2.75) is 31.2 Å². The summed E-state index contributed by atoms with van der Waals surface area (Å²) in [7, 11) is 0. The number of halogens is 1. The monoisotopic (exact) mass is 401 g/mol. The number of hydrogen-bond acceptors (Lipinski definition) is 4. The van der Waals surface area contributed by atoms with E-state index in [1.54, 1.807) is 29.2 Å². The van der Waals surface area contributed by atoms with Gasteiger partial charge in [-0.1, -0.05) is 19.1 Å². The fourth-order valence-electron chi connectivity index (χ4n) is 3.58. The van der Waals surface area contributed by atoms with Crippen LogP contribution in [-0.2, 0) is 4.74 Å². The number of benzene rings is 2. The number of cyclic esters (lactones) is 1. The molecule has 0 radical (unpaired) electrons. The van der Waals surface area contributed by atoms with Gasteiger partial charge in [0.15, 0.2) is 0 Å². The maximum atomic E-state index is 12.5. The van der Waals surface area contributed by atoms with Crippen LogP contribution in [0.3, 0.4) is 0 Å². The summed E-state index contributed by atoms with van der Waals surface area (Å²) in [5.41, 5.74) is 9.45. The smallest absolute Gasteiger partial charge is 0.414 e. The zero-order valence-corrected chi connectivity index (χ0v) is 16.5. The summed E-state index contributed by atoms with van der Waals surface area (Å²) in [6, 6.07) is 14.8. The van der Waals surface area contributed by atoms with Crippen LogP contribution in [0.2, 0.25) is 0 Å². The summed E-state index contributed by atoms with van der Waals surface area (Å²) < 4.78 is 4.93. The molecule has 4 rings (SSSR count). The number of amides is 2. The molecule has 1 heterocycles. The Morgan fingerprint density at radius 1 is 1.21 bits per heavy atom. The lowest BCUT2D eigenvalue weighted by molar-refractivity contribution is 0.102. The summed E-state index contributed by atoms with van der Waals surface area (Å²) >= 11 is 0. The van der Waals surface area contributed by atoms with Crippen molar-refractivity contribution in [2.75, 3.05) is 23.4 Å². The van der Waals surface area contributed by atoms with Crippen LogP contribution in [0.4, 0.5) is 16.2 Å². The number of hydrogen-bond donors (Lipinski definition) is 2. The standard InChI is InChI=1S/C21H23N3O3.ClH/c1-2-21(22)13-18(21)14-3-7-16(8-4-14)23-19(25)15-5-9-17(10-6-15)24-11-12-27-20(24)26;/h3-10,18H,2,11-13,22H2,1H3,(H,23,25);1H. The Kier molecular flexibility index (Phi) is 5.63. The van der Waals surface area contributed by atoms with E-state index in [9.17, 15) is 9.59 Å². The average Bonchev–Trinajstić information content (AvgIpc) is 3.19. The fraction of sp³-hybridized carbons (Fsp3) is 0.333. The van der Waals surface area contributed by atoms with E-state index in [0.717, 1.165) is 24.2 Å². The lowest BCUT2D eigenvalue weighted by Gasteiger charge is -2.13. The van der Waals surface area contributed by atoms with Crippen molar-refractivity contribution in [3.8, 4) is 0 Å². The molecule has 1 saturated heterocycles. The highest BCUT2D eigenvalue weighted by Crippen LogP contribution is 2.51. The Labute approximate surface area is 170 Å². The van der Waals surface area contributed by atoms with Crippen LogP contribution in [0.5, 0.6) is 0 Å². The highest BCUT2D eigenvalue weighted by molar-refractivity contribution is 6.04. The van der Waals surface area contributed by atoms with Crippen LogP contribution in [0.15, 0.2) is 48.5 Å². The molecule has 1 saturated carbocycles. The predicted octanol–water partition coefficient (Wildman–Crippen LogP) is 3.91. The number of carbonyl (C=O) groups is 2. The summed E-state index contributed by atoms with van der Waals surface area (Å²) in [6.07, 6.45) is 1.64. The van der Waals surface area contributed by atoms with Crippen LogP contribution in [0, 0.1) is 0 Å². The van der Waals surface area contributed by atoms with Gasteiger partial charge in [-0.2, -0.15) is 0 Å². The first-order chi connectivity index (χ1) is 13.0. The van der Waals surface area contributed by atoms with Crippen molar-refractivity contribution < 1.29 is 14.3 Å². The molecule has 2 unspecified atom stereocenters. The maximum Gasteiger partial charge on any atom is 0.414 e. The van der Waals surface area contributed by atoms with Crippen molar-refractivity contribution in [2.24, 2.45) is 5.73 Å². The first kappa shape index (κ1) is 20.2. The molecule has 1 aliphatic heterocycles. The lowest BCUT2D eigenvalue weighted by atomic mass is 10.0. The minimum Gasteiger partial charge on any atom is -0.447 e. The van der Waals surface area contributed by atoms with E-state index in [0.29, 0.717) is 24.6 Å². The SMILES string of the molecule is CCC1(N)CC1c1ccc(NC(=O)c2ccc(N3CCOC3=O)cc2)cc1.Cl. The zero-order valence-electron chi connectivity index (χ0n) is 15.7. The van der Waals surface area contributed by atoms with Gasteiger partial charge in [0.2, 0.25) is 0 Å².